The number of amides is 2. The van der Waals surface area contributed by atoms with E-state index in [0.29, 0.717) is 35.5 Å². The first-order chi connectivity index (χ1) is 20.9. The van der Waals surface area contributed by atoms with Crippen molar-refractivity contribution in [3.8, 4) is 0 Å². The number of hydrogen-bond donors (Lipinski definition) is 3. The van der Waals surface area contributed by atoms with E-state index >= 15 is 0 Å². The van der Waals surface area contributed by atoms with Crippen LogP contribution in [0.4, 0.5) is 0 Å². The molecule has 0 spiro atoms. The molecule has 0 saturated carbocycles. The summed E-state index contributed by atoms with van der Waals surface area (Å²) in [6.45, 7) is 22.7. The van der Waals surface area contributed by atoms with Crippen molar-refractivity contribution in [1.29, 1.82) is 0 Å². The van der Waals surface area contributed by atoms with Crippen molar-refractivity contribution in [2.24, 2.45) is 16.5 Å². The van der Waals surface area contributed by atoms with Gasteiger partial charge in [-0.05, 0) is 90.9 Å². The number of rotatable bonds is 11. The van der Waals surface area contributed by atoms with E-state index in [1.165, 1.54) is 11.1 Å². The van der Waals surface area contributed by atoms with Crippen LogP contribution in [0.25, 0.3) is 0 Å². The highest BCUT2D eigenvalue weighted by Gasteiger charge is 2.35. The number of nitrogens with one attached hydrogen (secondary N) is 1. The molecule has 0 aromatic heterocycles. The Kier molecular flexibility index (Phi) is 14.9. The lowest BCUT2D eigenvalue weighted by atomic mass is 9.97. The lowest BCUT2D eigenvalue weighted by Crippen LogP contribution is -2.59. The number of aliphatic imine (C=N–C) groups is 1. The summed E-state index contributed by atoms with van der Waals surface area (Å²) >= 11 is 0. The van der Waals surface area contributed by atoms with Crippen LogP contribution < -0.4 is 16.8 Å². The van der Waals surface area contributed by atoms with Gasteiger partial charge in [-0.2, -0.15) is 0 Å². The summed E-state index contributed by atoms with van der Waals surface area (Å²) in [5.74, 6) is 0.907. The number of nitrogens with two attached hydrogens (primary N) is 2. The van der Waals surface area contributed by atoms with E-state index in [-0.39, 0.29) is 17.6 Å². The predicted octanol–water partition coefficient (Wildman–Crippen LogP) is 4.99. The second-order valence-electron chi connectivity index (χ2n) is 12.0. The molecule has 2 aliphatic heterocycles. The SMILES string of the molecule is C\C=C(C)/C(=N\C(N)=C(/C)C(=O)NCC)N1CCN(C2CCN(C(=O)C(/C=C\C(CC)=C(C)CC)=C(/C)N)CC2)C(CC)C1. The third-order valence-electron chi connectivity index (χ3n) is 9.16. The monoisotopic (exact) mass is 609 g/mol. The smallest absolute Gasteiger partial charge is 0.255 e. The second-order valence-corrected chi connectivity index (χ2v) is 12.0. The van der Waals surface area contributed by atoms with E-state index in [1.54, 1.807) is 6.92 Å². The van der Waals surface area contributed by atoms with Gasteiger partial charge in [0.05, 0.1) is 11.1 Å². The highest BCUT2D eigenvalue weighted by molar-refractivity contribution is 6.00. The lowest BCUT2D eigenvalue weighted by Gasteiger charge is -2.48. The first-order valence-electron chi connectivity index (χ1n) is 16.5. The molecular formula is C35H59N7O2. The van der Waals surface area contributed by atoms with E-state index in [2.05, 4.69) is 48.9 Å². The Hall–Kier alpha value is -3.33. The molecular weight excluding hydrogens is 550 g/mol. The molecule has 1 unspecified atom stereocenters. The minimum atomic E-state index is -0.193. The molecule has 2 fully saturated rings. The third kappa shape index (κ3) is 9.58. The van der Waals surface area contributed by atoms with Crippen LogP contribution in [0.15, 0.2) is 62.6 Å². The zero-order valence-corrected chi connectivity index (χ0v) is 28.9. The Bertz CT molecular complexity index is 1200. The lowest BCUT2D eigenvalue weighted by molar-refractivity contribution is -0.128. The number of piperidine rings is 1. The van der Waals surface area contributed by atoms with Crippen LogP contribution >= 0.6 is 0 Å². The number of nitrogens with zero attached hydrogens (tertiary/aromatic N) is 4. The van der Waals surface area contributed by atoms with Crippen LogP contribution in [0.5, 0.6) is 0 Å². The Morgan fingerprint density at radius 2 is 1.57 bits per heavy atom. The van der Waals surface area contributed by atoms with Crippen molar-refractivity contribution in [2.45, 2.75) is 107 Å². The van der Waals surface area contributed by atoms with Crippen molar-refractivity contribution in [3.63, 3.8) is 0 Å². The average Bonchev–Trinajstić information content (AvgIpc) is 3.03. The number of carbonyl (C=O) groups excluding carboxylic acids is 2. The fraction of sp³-hybridized carbons (Fsp3) is 0.629. The summed E-state index contributed by atoms with van der Waals surface area (Å²) in [7, 11) is 0. The van der Waals surface area contributed by atoms with Gasteiger partial charge in [-0.25, -0.2) is 4.99 Å². The summed E-state index contributed by atoms with van der Waals surface area (Å²) in [4.78, 5) is 37.6. The van der Waals surface area contributed by atoms with Crippen LogP contribution in [0.1, 0.15) is 94.4 Å². The van der Waals surface area contributed by atoms with Gasteiger partial charge >= 0.3 is 0 Å². The molecule has 5 N–H and O–H groups in total. The van der Waals surface area contributed by atoms with Crippen LogP contribution in [0.3, 0.4) is 0 Å². The largest absolute Gasteiger partial charge is 0.402 e. The third-order valence-corrected chi connectivity index (χ3v) is 9.16. The predicted molar refractivity (Wildman–Crippen MR) is 184 cm³/mol. The highest BCUT2D eigenvalue weighted by Crippen LogP contribution is 2.26. The molecule has 9 heteroatoms. The maximum absolute atomic E-state index is 13.6. The van der Waals surface area contributed by atoms with Crippen molar-refractivity contribution >= 4 is 17.6 Å². The second kappa shape index (κ2) is 17.8. The van der Waals surface area contributed by atoms with Crippen molar-refractivity contribution in [3.05, 3.63) is 57.6 Å². The number of likely N-dealkylation sites (tertiary alicyclic amines) is 1. The first kappa shape index (κ1) is 36.9. The fourth-order valence-corrected chi connectivity index (χ4v) is 5.97. The summed E-state index contributed by atoms with van der Waals surface area (Å²) < 4.78 is 0. The van der Waals surface area contributed by atoms with Gasteiger partial charge in [-0.3, -0.25) is 14.5 Å². The minimum absolute atomic E-state index is 0.0254. The number of amidine groups is 1. The topological polar surface area (TPSA) is 120 Å². The van der Waals surface area contributed by atoms with Gasteiger partial charge in [0.15, 0.2) is 0 Å². The van der Waals surface area contributed by atoms with E-state index < -0.39 is 0 Å². The summed E-state index contributed by atoms with van der Waals surface area (Å²) in [5.41, 5.74) is 17.7. The van der Waals surface area contributed by atoms with E-state index in [9.17, 15) is 9.59 Å². The van der Waals surface area contributed by atoms with Crippen molar-refractivity contribution in [1.82, 2.24) is 20.0 Å². The standard InChI is InChI=1S/C35H59N7O2/c1-10-24(6)28(12-3)15-16-31(27(9)36)35(44)40-19-17-30(18-20-40)42-22-21-41(23-29(42)13-4)33(25(7)11-2)39-32(37)26(8)34(43)38-14-5/h11,15-16,29-30H,10,12-14,17-23,36-37H2,1-9H3,(H,38,43)/b16-15-,25-11-,28-24?,31-27-,32-26+,39-33+. The molecule has 2 rings (SSSR count). The summed E-state index contributed by atoms with van der Waals surface area (Å²) in [6, 6.07) is 0.773. The molecule has 0 radical (unpaired) electrons. The molecule has 2 aliphatic rings. The van der Waals surface area contributed by atoms with Gasteiger partial charge in [-0.15, -0.1) is 0 Å². The van der Waals surface area contributed by atoms with Gasteiger partial charge in [0.2, 0.25) is 0 Å². The number of allylic oxidation sites excluding steroid dienone is 5. The average molecular weight is 610 g/mol. The molecule has 1 atom stereocenters. The number of hydrogen-bond acceptors (Lipinski definition) is 6. The summed E-state index contributed by atoms with van der Waals surface area (Å²) in [5, 5.41) is 2.80. The molecule has 2 heterocycles. The number of carbonyl (C=O) groups is 2. The zero-order chi connectivity index (χ0) is 33.0. The summed E-state index contributed by atoms with van der Waals surface area (Å²) in [6.07, 6.45) is 10.8. The Morgan fingerprint density at radius 3 is 2.09 bits per heavy atom. The first-order valence-corrected chi connectivity index (χ1v) is 16.5. The van der Waals surface area contributed by atoms with E-state index in [1.807, 2.05) is 44.7 Å². The van der Waals surface area contributed by atoms with Crippen LogP contribution in [0, 0.1) is 0 Å². The number of piperazine rings is 1. The fourth-order valence-electron chi connectivity index (χ4n) is 5.97. The maximum Gasteiger partial charge on any atom is 0.255 e. The van der Waals surface area contributed by atoms with Gasteiger partial charge in [0.25, 0.3) is 11.8 Å². The maximum atomic E-state index is 13.6. The highest BCUT2D eigenvalue weighted by atomic mass is 16.2. The number of likely N-dealkylation sites (N-methyl/N-ethyl adjacent to an activating group) is 1. The van der Waals surface area contributed by atoms with Gasteiger partial charge in [0, 0.05) is 57.0 Å². The molecule has 0 aliphatic carbocycles. The van der Waals surface area contributed by atoms with Gasteiger partial charge < -0.3 is 26.6 Å². The van der Waals surface area contributed by atoms with E-state index in [0.717, 1.165) is 76.2 Å². The van der Waals surface area contributed by atoms with Crippen LogP contribution in [-0.2, 0) is 9.59 Å². The molecule has 2 saturated heterocycles. The molecule has 2 amide bonds. The van der Waals surface area contributed by atoms with Crippen LogP contribution in [0.2, 0.25) is 0 Å². The molecule has 44 heavy (non-hydrogen) atoms. The molecule has 0 aromatic carbocycles. The molecule has 9 nitrogen and oxygen atoms in total. The normalized spacial score (nSPS) is 21.2. The van der Waals surface area contributed by atoms with Gasteiger partial charge in [-0.1, -0.05) is 38.5 Å². The van der Waals surface area contributed by atoms with Crippen molar-refractivity contribution in [2.75, 3.05) is 39.3 Å². The van der Waals surface area contributed by atoms with Gasteiger partial charge in [0.1, 0.15) is 11.7 Å². The Morgan fingerprint density at radius 1 is 0.909 bits per heavy atom. The van der Waals surface area contributed by atoms with E-state index in [4.69, 9.17) is 16.5 Å². The molecule has 0 bridgehead atoms. The van der Waals surface area contributed by atoms with Crippen molar-refractivity contribution < 1.29 is 9.59 Å². The van der Waals surface area contributed by atoms with Crippen LogP contribution in [-0.4, -0.2) is 83.7 Å². The Balaban J connectivity index is 2.15. The molecule has 0 aromatic rings. The quantitative estimate of drug-likeness (QED) is 0.131. The Labute approximate surface area is 266 Å². The zero-order valence-electron chi connectivity index (χ0n) is 28.9. The molecule has 246 valence electrons. The minimum Gasteiger partial charge on any atom is -0.402 e.